The second-order valence-corrected chi connectivity index (χ2v) is 4.32. The van der Waals surface area contributed by atoms with Gasteiger partial charge in [-0.3, -0.25) is 25.2 Å². The van der Waals surface area contributed by atoms with E-state index in [0.29, 0.717) is 0 Å². The fraction of sp³-hybridized carbons (Fsp3) is 0.250. The van der Waals surface area contributed by atoms with Crippen LogP contribution in [0.1, 0.15) is 0 Å². The molecule has 0 bridgehead atoms. The molecular weight excluding hydrogens is 280 g/mol. The van der Waals surface area contributed by atoms with Crippen LogP contribution in [-0.2, 0) is 0 Å². The number of nitrogens with zero attached hydrogens (tertiary/aromatic N) is 4. The molecule has 0 saturated carbocycles. The molecule has 9 nitrogen and oxygen atoms in total. The molecule has 0 aliphatic heterocycles. The number of benzene rings is 1. The zero-order valence-electron chi connectivity index (χ0n) is 11.1. The molecule has 0 radical (unpaired) electrons. The van der Waals surface area contributed by atoms with Gasteiger partial charge in [0.1, 0.15) is 11.2 Å². The first-order valence-electron chi connectivity index (χ1n) is 6.00. The smallest absolute Gasteiger partial charge is 0.301 e. The van der Waals surface area contributed by atoms with E-state index in [-0.39, 0.29) is 35.4 Å². The van der Waals surface area contributed by atoms with Gasteiger partial charge in [0.2, 0.25) is 0 Å². The van der Waals surface area contributed by atoms with Crippen molar-refractivity contribution in [3.8, 4) is 0 Å². The maximum Gasteiger partial charge on any atom is 0.301 e. The van der Waals surface area contributed by atoms with Crippen molar-refractivity contribution in [2.24, 2.45) is 0 Å². The summed E-state index contributed by atoms with van der Waals surface area (Å²) in [6, 6.07) is 3.94. The summed E-state index contributed by atoms with van der Waals surface area (Å²) in [7, 11) is 1.55. The number of rotatable bonds is 5. The van der Waals surface area contributed by atoms with E-state index >= 15 is 0 Å². The van der Waals surface area contributed by atoms with Gasteiger partial charge in [0.05, 0.1) is 27.9 Å². The van der Waals surface area contributed by atoms with Crippen molar-refractivity contribution in [2.45, 2.75) is 0 Å². The molecule has 0 fully saturated rings. The van der Waals surface area contributed by atoms with E-state index in [1.165, 1.54) is 23.2 Å². The third-order valence-electron chi connectivity index (χ3n) is 3.03. The molecular formula is C12H12N4O5. The quantitative estimate of drug-likeness (QED) is 0.653. The molecule has 0 aliphatic carbocycles. The average Bonchev–Trinajstić information content (AvgIpc) is 2.45. The van der Waals surface area contributed by atoms with Crippen LogP contribution in [-0.4, -0.2) is 40.1 Å². The maximum atomic E-state index is 11.2. The minimum absolute atomic E-state index is 0.143. The summed E-state index contributed by atoms with van der Waals surface area (Å²) in [5, 5.41) is 31.5. The van der Waals surface area contributed by atoms with E-state index in [9.17, 15) is 20.2 Å². The van der Waals surface area contributed by atoms with Crippen LogP contribution >= 0.6 is 0 Å². The molecule has 21 heavy (non-hydrogen) atoms. The Kier molecular flexibility index (Phi) is 3.94. The molecule has 0 unspecified atom stereocenters. The lowest BCUT2D eigenvalue weighted by molar-refractivity contribution is -0.392. The second kappa shape index (κ2) is 5.67. The Hall–Kier alpha value is -2.81. The molecule has 1 aromatic heterocycles. The van der Waals surface area contributed by atoms with Gasteiger partial charge in [0.25, 0.3) is 5.69 Å². The van der Waals surface area contributed by atoms with E-state index in [4.69, 9.17) is 5.11 Å². The molecule has 0 spiro atoms. The summed E-state index contributed by atoms with van der Waals surface area (Å²) >= 11 is 0. The molecule has 110 valence electrons. The van der Waals surface area contributed by atoms with Gasteiger partial charge in [-0.1, -0.05) is 0 Å². The van der Waals surface area contributed by atoms with Crippen LogP contribution < -0.4 is 4.90 Å². The lowest BCUT2D eigenvalue weighted by Gasteiger charge is -2.19. The highest BCUT2D eigenvalue weighted by Crippen LogP contribution is 2.39. The van der Waals surface area contributed by atoms with Crippen molar-refractivity contribution in [2.75, 3.05) is 25.1 Å². The number of fused-ring (bicyclic) bond motifs is 1. The van der Waals surface area contributed by atoms with E-state index in [2.05, 4.69) is 4.98 Å². The number of aliphatic hydroxyl groups excluding tert-OH is 1. The highest BCUT2D eigenvalue weighted by atomic mass is 16.6. The summed E-state index contributed by atoms with van der Waals surface area (Å²) < 4.78 is 0. The number of nitro groups is 2. The number of non-ortho nitro benzene ring substituents is 1. The van der Waals surface area contributed by atoms with Crippen molar-refractivity contribution in [1.29, 1.82) is 0 Å². The minimum atomic E-state index is -0.690. The van der Waals surface area contributed by atoms with Crippen molar-refractivity contribution < 1.29 is 15.0 Å². The SMILES string of the molecule is CN(CCO)c1c([N+](=O)[O-])cc([N+](=O)[O-])c2cccnc12. The fourth-order valence-corrected chi connectivity index (χ4v) is 2.13. The summed E-state index contributed by atoms with van der Waals surface area (Å²) in [6.07, 6.45) is 1.41. The molecule has 9 heteroatoms. The van der Waals surface area contributed by atoms with Crippen molar-refractivity contribution in [3.63, 3.8) is 0 Å². The van der Waals surface area contributed by atoms with Gasteiger partial charge in [-0.15, -0.1) is 0 Å². The van der Waals surface area contributed by atoms with Gasteiger partial charge in [-0.05, 0) is 12.1 Å². The summed E-state index contributed by atoms with van der Waals surface area (Å²) in [5.74, 6) is 0. The maximum absolute atomic E-state index is 11.2. The lowest BCUT2D eigenvalue weighted by atomic mass is 10.1. The molecule has 0 atom stereocenters. The van der Waals surface area contributed by atoms with Crippen molar-refractivity contribution in [1.82, 2.24) is 4.98 Å². The van der Waals surface area contributed by atoms with Crippen LogP contribution in [0.15, 0.2) is 24.4 Å². The largest absolute Gasteiger partial charge is 0.395 e. The highest BCUT2D eigenvalue weighted by molar-refractivity contribution is 6.01. The second-order valence-electron chi connectivity index (χ2n) is 4.32. The number of aromatic nitrogens is 1. The van der Waals surface area contributed by atoms with Crippen LogP contribution in [0.4, 0.5) is 17.1 Å². The fourth-order valence-electron chi connectivity index (χ4n) is 2.13. The minimum Gasteiger partial charge on any atom is -0.395 e. The Balaban J connectivity index is 2.87. The summed E-state index contributed by atoms with van der Waals surface area (Å²) in [5.41, 5.74) is -0.473. The normalized spacial score (nSPS) is 10.6. The van der Waals surface area contributed by atoms with Crippen LogP contribution in [0.3, 0.4) is 0 Å². The monoisotopic (exact) mass is 292 g/mol. The van der Waals surface area contributed by atoms with Gasteiger partial charge in [0, 0.05) is 19.8 Å². The highest BCUT2D eigenvalue weighted by Gasteiger charge is 2.28. The Morgan fingerprint density at radius 2 is 1.95 bits per heavy atom. The number of hydrogen-bond acceptors (Lipinski definition) is 7. The van der Waals surface area contributed by atoms with Crippen molar-refractivity contribution in [3.05, 3.63) is 44.6 Å². The Bertz CT molecular complexity index is 718. The van der Waals surface area contributed by atoms with E-state index < -0.39 is 15.5 Å². The topological polar surface area (TPSA) is 123 Å². The number of nitro benzene ring substituents is 2. The van der Waals surface area contributed by atoms with Gasteiger partial charge in [-0.25, -0.2) is 0 Å². The Labute approximate surface area is 118 Å². The molecule has 0 aliphatic rings. The van der Waals surface area contributed by atoms with Gasteiger partial charge in [0.15, 0.2) is 0 Å². The molecule has 2 rings (SSSR count). The van der Waals surface area contributed by atoms with Gasteiger partial charge < -0.3 is 10.0 Å². The Morgan fingerprint density at radius 1 is 1.29 bits per heavy atom. The third-order valence-corrected chi connectivity index (χ3v) is 3.03. The molecule has 1 heterocycles. The zero-order chi connectivity index (χ0) is 15.6. The van der Waals surface area contributed by atoms with Crippen molar-refractivity contribution >= 4 is 28.0 Å². The third kappa shape index (κ3) is 2.58. The lowest BCUT2D eigenvalue weighted by Crippen LogP contribution is -2.22. The molecule has 0 amide bonds. The molecule has 0 saturated heterocycles. The van der Waals surface area contributed by atoms with Crippen LogP contribution in [0.5, 0.6) is 0 Å². The zero-order valence-corrected chi connectivity index (χ0v) is 11.1. The summed E-state index contributed by atoms with van der Waals surface area (Å²) in [6.45, 7) is -0.0662. The van der Waals surface area contributed by atoms with Crippen LogP contribution in [0, 0.1) is 20.2 Å². The van der Waals surface area contributed by atoms with Gasteiger partial charge in [-0.2, -0.15) is 0 Å². The first-order chi connectivity index (χ1) is 9.97. The average molecular weight is 292 g/mol. The number of pyridine rings is 1. The van der Waals surface area contributed by atoms with E-state index in [0.717, 1.165) is 6.07 Å². The predicted molar refractivity (Wildman–Crippen MR) is 75.4 cm³/mol. The van der Waals surface area contributed by atoms with Crippen LogP contribution in [0.25, 0.3) is 10.9 Å². The predicted octanol–water partition coefficient (Wildman–Crippen LogP) is 1.48. The standard InChI is InChI=1S/C12H12N4O5/c1-14(5-6-17)12-10(16(20)21)7-9(15(18)19)8-3-2-4-13-11(8)12/h2-4,7,17H,5-6H2,1H3. The number of hydrogen-bond donors (Lipinski definition) is 1. The van der Waals surface area contributed by atoms with E-state index in [1.807, 2.05) is 0 Å². The number of likely N-dealkylation sites (N-methyl/N-ethyl adjacent to an activating group) is 1. The van der Waals surface area contributed by atoms with Crippen LogP contribution in [0.2, 0.25) is 0 Å². The Morgan fingerprint density at radius 3 is 2.52 bits per heavy atom. The number of anilines is 1. The molecule has 2 aromatic rings. The first kappa shape index (κ1) is 14.6. The number of aliphatic hydroxyl groups is 1. The van der Waals surface area contributed by atoms with Gasteiger partial charge >= 0.3 is 5.69 Å². The molecule has 1 N–H and O–H groups in total. The first-order valence-corrected chi connectivity index (χ1v) is 6.00. The summed E-state index contributed by atoms with van der Waals surface area (Å²) in [4.78, 5) is 26.4. The van der Waals surface area contributed by atoms with E-state index in [1.54, 1.807) is 7.05 Å². The molecule has 1 aromatic carbocycles.